The third-order valence-electron chi connectivity index (χ3n) is 2.71. The standard InChI is InChI=1S/C14H16N2O2S/c1-4-16-14(19-10(2)15-16)8-5-11-9-12(18-3)6-7-13(11)17/h5-9H,4H2,1-3H3/p+1. The molecule has 0 bridgehead atoms. The van der Waals surface area contributed by atoms with Gasteiger partial charge in [0, 0.05) is 16.7 Å². The smallest absolute Gasteiger partial charge is 0.289 e. The third kappa shape index (κ3) is 3.12. The lowest BCUT2D eigenvalue weighted by Crippen LogP contribution is -2.36. The molecule has 0 spiro atoms. The first-order valence-electron chi connectivity index (χ1n) is 6.06. The summed E-state index contributed by atoms with van der Waals surface area (Å²) in [5, 5.41) is 16.3. The number of phenols is 1. The fourth-order valence-corrected chi connectivity index (χ4v) is 2.60. The minimum atomic E-state index is 0.237. The molecule has 0 amide bonds. The van der Waals surface area contributed by atoms with Gasteiger partial charge >= 0.3 is 0 Å². The molecule has 19 heavy (non-hydrogen) atoms. The number of hydrogen-bond acceptors (Lipinski definition) is 4. The molecule has 1 N–H and O–H groups in total. The molecule has 1 aromatic carbocycles. The number of aromatic nitrogens is 2. The van der Waals surface area contributed by atoms with E-state index in [0.29, 0.717) is 0 Å². The molecule has 100 valence electrons. The minimum absolute atomic E-state index is 0.237. The van der Waals surface area contributed by atoms with Gasteiger partial charge in [0.2, 0.25) is 0 Å². The summed E-state index contributed by atoms with van der Waals surface area (Å²) in [5.41, 5.74) is 0.730. The molecule has 1 aromatic heterocycles. The Labute approximate surface area is 116 Å². The van der Waals surface area contributed by atoms with Crippen LogP contribution >= 0.6 is 11.3 Å². The molecule has 5 heteroatoms. The highest BCUT2D eigenvalue weighted by Crippen LogP contribution is 2.25. The number of phenolic OH excluding ortho intramolecular Hbond substituents is 1. The molecule has 0 radical (unpaired) electrons. The van der Waals surface area contributed by atoms with E-state index >= 15 is 0 Å². The van der Waals surface area contributed by atoms with Crippen molar-refractivity contribution in [3.8, 4) is 11.5 Å². The molecule has 0 unspecified atom stereocenters. The maximum atomic E-state index is 9.81. The van der Waals surface area contributed by atoms with Crippen LogP contribution in [0.5, 0.6) is 11.5 Å². The zero-order chi connectivity index (χ0) is 13.8. The Morgan fingerprint density at radius 2 is 2.21 bits per heavy atom. The van der Waals surface area contributed by atoms with Crippen molar-refractivity contribution in [2.24, 2.45) is 0 Å². The van der Waals surface area contributed by atoms with Crippen LogP contribution in [-0.4, -0.2) is 17.3 Å². The molecule has 0 aliphatic carbocycles. The highest BCUT2D eigenvalue weighted by atomic mass is 32.1. The predicted octanol–water partition coefficient (Wildman–Crippen LogP) is 2.64. The number of ether oxygens (including phenoxy) is 1. The molecule has 2 rings (SSSR count). The average Bonchev–Trinajstić information content (AvgIpc) is 2.78. The van der Waals surface area contributed by atoms with Crippen molar-refractivity contribution in [1.82, 2.24) is 5.10 Å². The van der Waals surface area contributed by atoms with Crippen molar-refractivity contribution < 1.29 is 14.5 Å². The van der Waals surface area contributed by atoms with Gasteiger partial charge in [-0.1, -0.05) is 4.68 Å². The second kappa shape index (κ2) is 5.84. The highest BCUT2D eigenvalue weighted by Gasteiger charge is 2.12. The van der Waals surface area contributed by atoms with E-state index in [-0.39, 0.29) is 5.75 Å². The van der Waals surface area contributed by atoms with Crippen LogP contribution in [0.1, 0.15) is 22.5 Å². The van der Waals surface area contributed by atoms with Crippen LogP contribution in [0.4, 0.5) is 0 Å². The summed E-state index contributed by atoms with van der Waals surface area (Å²) >= 11 is 1.63. The molecular weight excluding hydrogens is 260 g/mol. The van der Waals surface area contributed by atoms with Gasteiger partial charge in [-0.3, -0.25) is 0 Å². The Hall–Kier alpha value is -1.88. The normalized spacial score (nSPS) is 11.1. The number of aryl methyl sites for hydroxylation is 2. The first-order valence-corrected chi connectivity index (χ1v) is 6.88. The average molecular weight is 277 g/mol. The molecular formula is C14H17N2O2S+. The maximum absolute atomic E-state index is 9.81. The van der Waals surface area contributed by atoms with E-state index in [1.54, 1.807) is 36.6 Å². The summed E-state index contributed by atoms with van der Waals surface area (Å²) in [6, 6.07) is 5.16. The zero-order valence-electron chi connectivity index (χ0n) is 11.3. The van der Waals surface area contributed by atoms with Gasteiger partial charge < -0.3 is 9.84 Å². The fraction of sp³-hybridized carbons (Fsp3) is 0.286. The molecule has 0 saturated heterocycles. The number of rotatable bonds is 4. The van der Waals surface area contributed by atoms with Crippen molar-refractivity contribution in [3.63, 3.8) is 0 Å². The number of nitrogens with zero attached hydrogens (tertiary/aromatic N) is 2. The maximum Gasteiger partial charge on any atom is 0.289 e. The van der Waals surface area contributed by atoms with Crippen molar-refractivity contribution in [3.05, 3.63) is 33.8 Å². The number of benzene rings is 1. The Morgan fingerprint density at radius 3 is 2.89 bits per heavy atom. The Morgan fingerprint density at radius 1 is 1.42 bits per heavy atom. The molecule has 0 saturated carbocycles. The highest BCUT2D eigenvalue weighted by molar-refractivity contribution is 7.11. The van der Waals surface area contributed by atoms with E-state index in [4.69, 9.17) is 4.74 Å². The predicted molar refractivity (Wildman–Crippen MR) is 76.3 cm³/mol. The number of hydrogen-bond donors (Lipinski definition) is 1. The fourth-order valence-electron chi connectivity index (χ4n) is 1.74. The van der Waals surface area contributed by atoms with Gasteiger partial charge in [-0.2, -0.15) is 0 Å². The lowest BCUT2D eigenvalue weighted by atomic mass is 10.2. The number of methoxy groups -OCH3 is 1. The second-order valence-electron chi connectivity index (χ2n) is 4.03. The van der Waals surface area contributed by atoms with E-state index in [9.17, 15) is 5.11 Å². The summed E-state index contributed by atoms with van der Waals surface area (Å²) in [6.45, 7) is 4.87. The number of aromatic hydroxyl groups is 1. The minimum Gasteiger partial charge on any atom is -0.507 e. The first-order chi connectivity index (χ1) is 9.13. The Kier molecular flexibility index (Phi) is 4.16. The van der Waals surface area contributed by atoms with Gasteiger partial charge in [-0.15, -0.1) is 0 Å². The Balaban J connectivity index is 2.31. The molecule has 0 aliphatic heterocycles. The van der Waals surface area contributed by atoms with Crippen molar-refractivity contribution in [1.29, 1.82) is 0 Å². The van der Waals surface area contributed by atoms with Crippen LogP contribution < -0.4 is 9.42 Å². The van der Waals surface area contributed by atoms with Gasteiger partial charge in [-0.25, -0.2) is 0 Å². The monoisotopic (exact) mass is 277 g/mol. The van der Waals surface area contributed by atoms with E-state index in [1.165, 1.54) is 0 Å². The van der Waals surface area contributed by atoms with Crippen LogP contribution in [0.25, 0.3) is 12.2 Å². The molecule has 4 nitrogen and oxygen atoms in total. The van der Waals surface area contributed by atoms with Crippen LogP contribution in [0, 0.1) is 6.92 Å². The topological polar surface area (TPSA) is 46.2 Å². The van der Waals surface area contributed by atoms with Gasteiger partial charge in [0.15, 0.2) is 11.6 Å². The summed E-state index contributed by atoms with van der Waals surface area (Å²) in [4.78, 5) is 0. The lowest BCUT2D eigenvalue weighted by Gasteiger charge is -2.02. The van der Waals surface area contributed by atoms with Gasteiger partial charge in [0.25, 0.3) is 5.01 Å². The van der Waals surface area contributed by atoms with Crippen LogP contribution in [0.3, 0.4) is 0 Å². The summed E-state index contributed by atoms with van der Waals surface area (Å²) in [7, 11) is 1.61. The van der Waals surface area contributed by atoms with E-state index in [2.05, 4.69) is 12.0 Å². The third-order valence-corrected chi connectivity index (χ3v) is 3.64. The summed E-state index contributed by atoms with van der Waals surface area (Å²) in [6.07, 6.45) is 3.83. The van der Waals surface area contributed by atoms with E-state index < -0.39 is 0 Å². The van der Waals surface area contributed by atoms with Gasteiger partial charge in [0.1, 0.15) is 11.5 Å². The molecule has 2 aromatic rings. The lowest BCUT2D eigenvalue weighted by molar-refractivity contribution is -0.747. The second-order valence-corrected chi connectivity index (χ2v) is 5.25. The summed E-state index contributed by atoms with van der Waals surface area (Å²) in [5.74, 6) is 0.961. The molecule has 0 atom stereocenters. The molecule has 0 aliphatic rings. The van der Waals surface area contributed by atoms with E-state index in [0.717, 1.165) is 27.9 Å². The first kappa shape index (κ1) is 13.5. The SMILES string of the molecule is CC[n+]1nc(C)sc1C=Cc1cc(OC)ccc1O. The molecule has 0 fully saturated rings. The van der Waals surface area contributed by atoms with Crippen LogP contribution in [-0.2, 0) is 6.54 Å². The Bertz CT molecular complexity index is 605. The zero-order valence-corrected chi connectivity index (χ0v) is 12.1. The van der Waals surface area contributed by atoms with Gasteiger partial charge in [-0.05, 0) is 49.5 Å². The quantitative estimate of drug-likeness (QED) is 0.874. The van der Waals surface area contributed by atoms with Gasteiger partial charge in [0.05, 0.1) is 7.11 Å². The van der Waals surface area contributed by atoms with Crippen molar-refractivity contribution >= 4 is 23.5 Å². The van der Waals surface area contributed by atoms with Crippen LogP contribution in [0.2, 0.25) is 0 Å². The van der Waals surface area contributed by atoms with Crippen molar-refractivity contribution in [2.45, 2.75) is 20.4 Å². The van der Waals surface area contributed by atoms with Crippen LogP contribution in [0.15, 0.2) is 18.2 Å². The van der Waals surface area contributed by atoms with E-state index in [1.807, 2.05) is 23.8 Å². The molecule has 1 heterocycles. The van der Waals surface area contributed by atoms with Crippen molar-refractivity contribution in [2.75, 3.05) is 7.11 Å². The summed E-state index contributed by atoms with van der Waals surface area (Å²) < 4.78 is 7.09. The largest absolute Gasteiger partial charge is 0.507 e.